The van der Waals surface area contributed by atoms with Crippen LogP contribution in [0.15, 0.2) is 0 Å². The van der Waals surface area contributed by atoms with Gasteiger partial charge in [0.25, 0.3) is 0 Å². The van der Waals surface area contributed by atoms with Crippen LogP contribution in [0.4, 0.5) is 0 Å². The fraction of sp³-hybridized carbons (Fsp3) is 0.857. The lowest BCUT2D eigenvalue weighted by molar-refractivity contribution is -0.139. The van der Waals surface area contributed by atoms with Crippen LogP contribution >= 0.6 is 0 Å². The minimum atomic E-state index is -0.832. The van der Waals surface area contributed by atoms with E-state index < -0.39 is 11.9 Å². The molecule has 0 aromatic rings. The largest absolute Gasteiger partial charge is 0.480 e. The number of rotatable bonds is 4. The zero-order valence-corrected chi connectivity index (χ0v) is 13.0. The van der Waals surface area contributed by atoms with Gasteiger partial charge in [-0.2, -0.15) is 0 Å². The van der Waals surface area contributed by atoms with Crippen molar-refractivity contribution >= 4 is 11.9 Å². The molecule has 0 aliphatic carbocycles. The van der Waals surface area contributed by atoms with Crippen molar-refractivity contribution in [2.24, 2.45) is 0 Å². The molecule has 128 valence electrons. The third-order valence-electron chi connectivity index (χ3n) is 3.48. The molecule has 0 spiro atoms. The van der Waals surface area contributed by atoms with Crippen molar-refractivity contribution in [3.05, 3.63) is 0 Å². The molecule has 1 aliphatic heterocycles. The summed E-state index contributed by atoms with van der Waals surface area (Å²) in [5.41, 5.74) is 0. The van der Waals surface area contributed by atoms with E-state index in [0.717, 1.165) is 39.0 Å². The Hall–Kier alpha value is -1.22. The Balaban J connectivity index is 2.41. The SMILES string of the molecule is O=C(O)CN1CCCNCCCN(CC(=O)O)CCOCC1. The average Bonchev–Trinajstić information content (AvgIpc) is 2.43. The number of ether oxygens (including phenoxy) is 1. The number of nitrogens with zero attached hydrogens (tertiary/aromatic N) is 2. The Morgan fingerprint density at radius 3 is 1.73 bits per heavy atom. The molecule has 8 nitrogen and oxygen atoms in total. The van der Waals surface area contributed by atoms with Gasteiger partial charge in [0, 0.05) is 26.2 Å². The molecule has 0 bridgehead atoms. The number of carboxylic acids is 2. The maximum atomic E-state index is 10.8. The lowest BCUT2D eigenvalue weighted by Crippen LogP contribution is -2.38. The van der Waals surface area contributed by atoms with Gasteiger partial charge in [-0.3, -0.25) is 19.4 Å². The zero-order chi connectivity index (χ0) is 16.2. The van der Waals surface area contributed by atoms with Gasteiger partial charge in [-0.05, 0) is 25.9 Å². The molecule has 0 amide bonds. The van der Waals surface area contributed by atoms with E-state index >= 15 is 0 Å². The van der Waals surface area contributed by atoms with Gasteiger partial charge in [0.2, 0.25) is 0 Å². The Morgan fingerprint density at radius 1 is 0.864 bits per heavy atom. The first kappa shape index (κ1) is 18.8. The van der Waals surface area contributed by atoms with E-state index in [1.54, 1.807) is 0 Å². The van der Waals surface area contributed by atoms with E-state index in [1.807, 2.05) is 9.80 Å². The molecule has 8 heteroatoms. The summed E-state index contributed by atoms with van der Waals surface area (Å²) in [6.07, 6.45) is 1.76. The molecule has 22 heavy (non-hydrogen) atoms. The molecule has 1 aliphatic rings. The Morgan fingerprint density at radius 2 is 1.32 bits per heavy atom. The third kappa shape index (κ3) is 9.67. The maximum Gasteiger partial charge on any atom is 0.317 e. The first-order valence-corrected chi connectivity index (χ1v) is 7.74. The summed E-state index contributed by atoms with van der Waals surface area (Å²) in [5, 5.41) is 21.1. The summed E-state index contributed by atoms with van der Waals surface area (Å²) in [4.78, 5) is 25.4. The van der Waals surface area contributed by atoms with Crippen LogP contribution in [-0.4, -0.2) is 97.5 Å². The van der Waals surface area contributed by atoms with E-state index in [4.69, 9.17) is 14.9 Å². The molecule has 0 aromatic heterocycles. The third-order valence-corrected chi connectivity index (χ3v) is 3.48. The van der Waals surface area contributed by atoms with Crippen molar-refractivity contribution in [1.82, 2.24) is 15.1 Å². The molecule has 1 fully saturated rings. The summed E-state index contributed by atoms with van der Waals surface area (Å²) in [6, 6.07) is 0. The highest BCUT2D eigenvalue weighted by molar-refractivity contribution is 5.69. The Bertz CT molecular complexity index is 310. The lowest BCUT2D eigenvalue weighted by Gasteiger charge is -2.23. The van der Waals surface area contributed by atoms with Crippen molar-refractivity contribution in [3.8, 4) is 0 Å². The first-order chi connectivity index (χ1) is 10.6. The van der Waals surface area contributed by atoms with Gasteiger partial charge >= 0.3 is 11.9 Å². The summed E-state index contributed by atoms with van der Waals surface area (Å²) < 4.78 is 5.52. The molecule has 1 rings (SSSR count). The van der Waals surface area contributed by atoms with Gasteiger partial charge in [0.1, 0.15) is 0 Å². The van der Waals surface area contributed by atoms with Gasteiger partial charge < -0.3 is 20.3 Å². The van der Waals surface area contributed by atoms with Crippen LogP contribution in [0.1, 0.15) is 12.8 Å². The molecule has 0 unspecified atom stereocenters. The molecule has 0 saturated carbocycles. The number of hydrogen-bond acceptors (Lipinski definition) is 6. The van der Waals surface area contributed by atoms with Crippen molar-refractivity contribution in [2.75, 3.05) is 65.6 Å². The lowest BCUT2D eigenvalue weighted by atomic mass is 10.3. The van der Waals surface area contributed by atoms with E-state index in [-0.39, 0.29) is 13.1 Å². The van der Waals surface area contributed by atoms with Gasteiger partial charge in [0.15, 0.2) is 0 Å². The second-order valence-corrected chi connectivity index (χ2v) is 5.41. The molecule has 0 radical (unpaired) electrons. The maximum absolute atomic E-state index is 10.8. The second kappa shape index (κ2) is 11.4. The van der Waals surface area contributed by atoms with Crippen molar-refractivity contribution in [3.63, 3.8) is 0 Å². The summed E-state index contributed by atoms with van der Waals surface area (Å²) >= 11 is 0. The molecule has 1 saturated heterocycles. The highest BCUT2D eigenvalue weighted by atomic mass is 16.5. The van der Waals surface area contributed by atoms with Crippen LogP contribution in [0.25, 0.3) is 0 Å². The Labute approximate surface area is 131 Å². The topological polar surface area (TPSA) is 102 Å². The molecular weight excluding hydrogens is 290 g/mol. The number of carboxylic acid groups (broad SMARTS) is 2. The number of nitrogens with one attached hydrogen (secondary N) is 1. The first-order valence-electron chi connectivity index (χ1n) is 7.74. The quantitative estimate of drug-likeness (QED) is 0.617. The van der Waals surface area contributed by atoms with Crippen molar-refractivity contribution in [2.45, 2.75) is 12.8 Å². The molecule has 1 heterocycles. The van der Waals surface area contributed by atoms with Crippen molar-refractivity contribution in [1.29, 1.82) is 0 Å². The van der Waals surface area contributed by atoms with E-state index in [2.05, 4.69) is 5.32 Å². The van der Waals surface area contributed by atoms with Crippen LogP contribution in [-0.2, 0) is 14.3 Å². The predicted octanol–water partition coefficient (Wildman–Crippen LogP) is -0.840. The van der Waals surface area contributed by atoms with Gasteiger partial charge in [0.05, 0.1) is 26.3 Å². The molecule has 3 N–H and O–H groups in total. The minimum Gasteiger partial charge on any atom is -0.480 e. The smallest absolute Gasteiger partial charge is 0.317 e. The van der Waals surface area contributed by atoms with Crippen LogP contribution in [0.2, 0.25) is 0 Å². The fourth-order valence-corrected chi connectivity index (χ4v) is 2.39. The molecule has 0 atom stereocenters. The van der Waals surface area contributed by atoms with Crippen LogP contribution in [0, 0.1) is 0 Å². The van der Waals surface area contributed by atoms with Crippen LogP contribution in [0.3, 0.4) is 0 Å². The second-order valence-electron chi connectivity index (χ2n) is 5.41. The standard InChI is InChI=1S/C14H27N3O5/c18-13(19)11-16-5-1-3-15-4-2-6-17(12-14(20)21)8-10-22-9-7-16/h15H,1-12H2,(H,18,19)(H,20,21). The fourth-order valence-electron chi connectivity index (χ4n) is 2.39. The zero-order valence-electron chi connectivity index (χ0n) is 13.0. The van der Waals surface area contributed by atoms with Crippen LogP contribution < -0.4 is 5.32 Å². The highest BCUT2D eigenvalue weighted by Crippen LogP contribution is 1.96. The van der Waals surface area contributed by atoms with E-state index in [1.165, 1.54) is 0 Å². The van der Waals surface area contributed by atoms with Gasteiger partial charge in [-0.1, -0.05) is 0 Å². The van der Waals surface area contributed by atoms with E-state index in [0.29, 0.717) is 26.3 Å². The summed E-state index contributed by atoms with van der Waals surface area (Å²) in [6.45, 7) is 5.23. The van der Waals surface area contributed by atoms with Crippen LogP contribution in [0.5, 0.6) is 0 Å². The number of aliphatic carboxylic acids is 2. The summed E-state index contributed by atoms with van der Waals surface area (Å²) in [7, 11) is 0. The normalized spacial score (nSPS) is 21.1. The Kier molecular flexibility index (Phi) is 9.72. The monoisotopic (exact) mass is 317 g/mol. The summed E-state index contributed by atoms with van der Waals surface area (Å²) in [5.74, 6) is -1.66. The van der Waals surface area contributed by atoms with Gasteiger partial charge in [-0.25, -0.2) is 0 Å². The highest BCUT2D eigenvalue weighted by Gasteiger charge is 2.12. The van der Waals surface area contributed by atoms with E-state index in [9.17, 15) is 9.59 Å². The average molecular weight is 317 g/mol. The number of hydrogen-bond donors (Lipinski definition) is 3. The predicted molar refractivity (Wildman–Crippen MR) is 81.1 cm³/mol. The molecule has 0 aromatic carbocycles. The van der Waals surface area contributed by atoms with Crippen molar-refractivity contribution < 1.29 is 24.5 Å². The number of carbonyl (C=O) groups is 2. The minimum absolute atomic E-state index is 0.0223. The molecular formula is C14H27N3O5. The van der Waals surface area contributed by atoms with Gasteiger partial charge in [-0.15, -0.1) is 0 Å².